The Kier molecular flexibility index (Phi) is 7.25. The summed E-state index contributed by atoms with van der Waals surface area (Å²) in [5.74, 6) is 0. The van der Waals surface area contributed by atoms with Crippen molar-refractivity contribution in [2.45, 2.75) is 0 Å². The van der Waals surface area contributed by atoms with Crippen molar-refractivity contribution in [2.24, 2.45) is 0 Å². The van der Waals surface area contributed by atoms with E-state index >= 15 is 0 Å². The van der Waals surface area contributed by atoms with E-state index in [1.54, 1.807) is 0 Å². The summed E-state index contributed by atoms with van der Waals surface area (Å²) in [4.78, 5) is 0. The van der Waals surface area contributed by atoms with Gasteiger partial charge in [0.25, 0.3) is 0 Å². The quantitative estimate of drug-likeness (QED) is 0.582. The normalized spacial score (nSPS) is 6.75. The molecular formula is C6H6ClRu. The second-order valence-corrected chi connectivity index (χ2v) is 1.15. The molecule has 2 heteroatoms. The molecule has 0 atom stereocenters. The fourth-order valence-electron chi connectivity index (χ4n) is 0.385. The maximum absolute atomic E-state index is 4.57. The van der Waals surface area contributed by atoms with E-state index < -0.39 is 0 Å². The Morgan fingerprint density at radius 3 is 0.875 bits per heavy atom. The van der Waals surface area contributed by atoms with Crippen LogP contribution < -0.4 is 0 Å². The molecule has 8 heavy (non-hydrogen) atoms. The van der Waals surface area contributed by atoms with E-state index in [1.807, 2.05) is 53.7 Å². The van der Waals surface area contributed by atoms with Crippen molar-refractivity contribution in [3.63, 3.8) is 0 Å². The second kappa shape index (κ2) is 7.13. The Bertz CT molecular complexity index is 80.5. The van der Waals surface area contributed by atoms with Gasteiger partial charge in [0.15, 0.2) is 0 Å². The molecule has 0 unspecified atom stereocenters. The molecule has 0 amide bonds. The first-order valence-corrected chi connectivity index (χ1v) is 4.37. The Balaban J connectivity index is 0.000000222. The first kappa shape index (κ1) is 8.13. The van der Waals surface area contributed by atoms with Gasteiger partial charge < -0.3 is 0 Å². The summed E-state index contributed by atoms with van der Waals surface area (Å²) in [6, 6.07) is 12.0. The van der Waals surface area contributed by atoms with Crippen molar-refractivity contribution in [1.82, 2.24) is 0 Å². The van der Waals surface area contributed by atoms with Gasteiger partial charge >= 0.3 is 27.0 Å². The first-order valence-electron chi connectivity index (χ1n) is 2.13. The molecule has 45 valence electrons. The average Bonchev–Trinajstić information content (AvgIpc) is 1.96. The molecule has 0 aliphatic rings. The van der Waals surface area contributed by atoms with Crippen LogP contribution >= 0.6 is 9.69 Å². The molecule has 0 saturated heterocycles. The van der Waals surface area contributed by atoms with E-state index in [-0.39, 0.29) is 0 Å². The summed E-state index contributed by atoms with van der Waals surface area (Å²) in [6.07, 6.45) is 0. The van der Waals surface area contributed by atoms with Crippen molar-refractivity contribution in [3.8, 4) is 0 Å². The molecule has 1 aromatic carbocycles. The number of hydrogen-bond acceptors (Lipinski definition) is 0. The van der Waals surface area contributed by atoms with Crippen LogP contribution in [0.25, 0.3) is 0 Å². The SMILES string of the molecule is [Cl][Ru].c1ccccc1. The third kappa shape index (κ3) is 4.30. The van der Waals surface area contributed by atoms with Gasteiger partial charge in [-0.1, -0.05) is 36.4 Å². The van der Waals surface area contributed by atoms with Gasteiger partial charge in [-0.3, -0.25) is 0 Å². The Labute approximate surface area is 63.6 Å². The van der Waals surface area contributed by atoms with Crippen LogP contribution in [0.1, 0.15) is 0 Å². The zero-order valence-electron chi connectivity index (χ0n) is 4.20. The van der Waals surface area contributed by atoms with Gasteiger partial charge in [0.05, 0.1) is 0 Å². The van der Waals surface area contributed by atoms with Crippen LogP contribution in [0.2, 0.25) is 0 Å². The van der Waals surface area contributed by atoms with Gasteiger partial charge in [-0.2, -0.15) is 0 Å². The molecule has 0 nitrogen and oxygen atoms in total. The van der Waals surface area contributed by atoms with Crippen molar-refractivity contribution in [3.05, 3.63) is 36.4 Å². The molecule has 0 saturated carbocycles. The summed E-state index contributed by atoms with van der Waals surface area (Å²) in [5, 5.41) is 0. The van der Waals surface area contributed by atoms with Crippen LogP contribution in [0.5, 0.6) is 0 Å². The van der Waals surface area contributed by atoms with Gasteiger partial charge in [0.2, 0.25) is 0 Å². The number of halogens is 1. The maximum Gasteiger partial charge on any atom is -0.0623 e. The summed E-state index contributed by atoms with van der Waals surface area (Å²) in [7, 11) is 4.57. The molecule has 0 aromatic heterocycles. The van der Waals surface area contributed by atoms with Crippen LogP contribution in [0.3, 0.4) is 0 Å². The van der Waals surface area contributed by atoms with Crippen LogP contribution in [-0.2, 0) is 17.3 Å². The fourth-order valence-corrected chi connectivity index (χ4v) is 0.385. The van der Waals surface area contributed by atoms with Crippen molar-refractivity contribution in [2.75, 3.05) is 0 Å². The molecule has 0 fully saturated rings. The van der Waals surface area contributed by atoms with Crippen LogP contribution in [0.15, 0.2) is 36.4 Å². The number of benzene rings is 1. The molecule has 0 bridgehead atoms. The van der Waals surface area contributed by atoms with E-state index in [0.29, 0.717) is 0 Å². The Hall–Kier alpha value is 0.133. The van der Waals surface area contributed by atoms with Crippen molar-refractivity contribution >= 4 is 9.69 Å². The molecule has 0 spiro atoms. The van der Waals surface area contributed by atoms with Gasteiger partial charge in [-0.25, -0.2) is 0 Å². The molecule has 0 heterocycles. The van der Waals surface area contributed by atoms with E-state index in [2.05, 4.69) is 9.69 Å². The zero-order valence-corrected chi connectivity index (χ0v) is 6.69. The monoisotopic (exact) mass is 215 g/mol. The van der Waals surface area contributed by atoms with Gasteiger partial charge in [-0.05, 0) is 0 Å². The molecular weight excluding hydrogens is 209 g/mol. The fraction of sp³-hybridized carbons (Fsp3) is 0. The minimum atomic E-state index is 1.82. The summed E-state index contributed by atoms with van der Waals surface area (Å²) >= 11 is 1.82. The summed E-state index contributed by atoms with van der Waals surface area (Å²) < 4.78 is 0. The number of hydrogen-bond donors (Lipinski definition) is 0. The minimum absolute atomic E-state index is 1.82. The van der Waals surface area contributed by atoms with Crippen LogP contribution in [-0.4, -0.2) is 0 Å². The largest absolute Gasteiger partial charge is 0.0623 e. The molecule has 0 N–H and O–H groups in total. The van der Waals surface area contributed by atoms with Crippen molar-refractivity contribution < 1.29 is 17.3 Å². The first-order chi connectivity index (χ1) is 4.00. The smallest absolute Gasteiger partial charge is 0.0623 e. The van der Waals surface area contributed by atoms with E-state index in [1.165, 1.54) is 0 Å². The molecule has 0 radical (unpaired) electrons. The summed E-state index contributed by atoms with van der Waals surface area (Å²) in [6.45, 7) is 0. The topological polar surface area (TPSA) is 0 Å². The summed E-state index contributed by atoms with van der Waals surface area (Å²) in [5.41, 5.74) is 0. The average molecular weight is 215 g/mol. The molecule has 0 aliphatic heterocycles. The Morgan fingerprint density at radius 1 is 0.625 bits per heavy atom. The van der Waals surface area contributed by atoms with Gasteiger partial charge in [-0.15, -0.1) is 0 Å². The van der Waals surface area contributed by atoms with Crippen molar-refractivity contribution in [1.29, 1.82) is 0 Å². The van der Waals surface area contributed by atoms with E-state index in [0.717, 1.165) is 0 Å². The van der Waals surface area contributed by atoms with E-state index in [4.69, 9.17) is 0 Å². The van der Waals surface area contributed by atoms with Gasteiger partial charge in [0, 0.05) is 0 Å². The Morgan fingerprint density at radius 2 is 0.750 bits per heavy atom. The van der Waals surface area contributed by atoms with E-state index in [9.17, 15) is 0 Å². The predicted molar refractivity (Wildman–Crippen MR) is 32.3 cm³/mol. The van der Waals surface area contributed by atoms with Crippen LogP contribution in [0.4, 0.5) is 0 Å². The standard InChI is InChI=1S/C6H6.ClH.Ru/c1-2-4-6-5-3-1;;/h1-6H;1H;/q;;+1/p-1. The third-order valence-corrected chi connectivity index (χ3v) is 0.667. The molecule has 1 aromatic rings. The minimum Gasteiger partial charge on any atom is -0.0623 e. The zero-order chi connectivity index (χ0) is 6.24. The second-order valence-electron chi connectivity index (χ2n) is 1.15. The number of rotatable bonds is 0. The third-order valence-electron chi connectivity index (χ3n) is 0.667. The molecule has 1 rings (SSSR count). The maximum atomic E-state index is 4.57. The predicted octanol–water partition coefficient (Wildman–Crippen LogP) is 2.37. The molecule has 0 aliphatic carbocycles. The van der Waals surface area contributed by atoms with Gasteiger partial charge in [0.1, 0.15) is 0 Å². The van der Waals surface area contributed by atoms with Crippen LogP contribution in [0, 0.1) is 0 Å².